The normalized spacial score (nSPS) is 10.0. The van der Waals surface area contributed by atoms with Crippen LogP contribution in [0.4, 0.5) is 5.82 Å². The van der Waals surface area contributed by atoms with Gasteiger partial charge in [-0.3, -0.25) is 4.79 Å². The lowest BCUT2D eigenvalue weighted by atomic mass is 10.1. The summed E-state index contributed by atoms with van der Waals surface area (Å²) in [4.78, 5) is 14.3. The van der Waals surface area contributed by atoms with Crippen molar-refractivity contribution >= 4 is 11.8 Å². The first-order valence-corrected chi connectivity index (χ1v) is 4.61. The van der Waals surface area contributed by atoms with E-state index >= 15 is 0 Å². The van der Waals surface area contributed by atoms with Crippen LogP contribution in [0.15, 0.2) is 18.2 Å². The van der Waals surface area contributed by atoms with E-state index in [2.05, 4.69) is 4.98 Å². The summed E-state index contributed by atoms with van der Waals surface area (Å²) < 4.78 is 0. The van der Waals surface area contributed by atoms with Crippen LogP contribution in [0.2, 0.25) is 0 Å². The second kappa shape index (κ2) is 5.21. The Kier molecular flexibility index (Phi) is 3.91. The Bertz CT molecular complexity index is 313. The van der Waals surface area contributed by atoms with E-state index in [4.69, 9.17) is 10.8 Å². The predicted molar refractivity (Wildman–Crippen MR) is 53.8 cm³/mol. The molecule has 3 N–H and O–H groups in total. The summed E-state index contributed by atoms with van der Waals surface area (Å²) in [7, 11) is 0. The number of nitrogens with two attached hydrogens (primary N) is 1. The molecule has 14 heavy (non-hydrogen) atoms. The van der Waals surface area contributed by atoms with Crippen LogP contribution in [0.25, 0.3) is 0 Å². The Morgan fingerprint density at radius 3 is 2.86 bits per heavy atom. The minimum atomic E-state index is -0.745. The first-order chi connectivity index (χ1) is 6.68. The van der Waals surface area contributed by atoms with E-state index in [0.29, 0.717) is 12.2 Å². The molecule has 0 spiro atoms. The molecule has 0 unspecified atom stereocenters. The first kappa shape index (κ1) is 10.5. The number of aryl methyl sites for hydroxylation is 1. The molecular formula is C10H14N2O2. The van der Waals surface area contributed by atoms with Crippen LogP contribution in [0, 0.1) is 0 Å². The van der Waals surface area contributed by atoms with E-state index in [1.807, 2.05) is 12.1 Å². The first-order valence-electron chi connectivity index (χ1n) is 4.61. The minimum absolute atomic E-state index is 0.225. The third-order valence-corrected chi connectivity index (χ3v) is 1.90. The topological polar surface area (TPSA) is 76.2 Å². The fourth-order valence-corrected chi connectivity index (χ4v) is 1.22. The van der Waals surface area contributed by atoms with Crippen LogP contribution in [-0.2, 0) is 11.2 Å². The van der Waals surface area contributed by atoms with E-state index in [-0.39, 0.29) is 6.42 Å². The number of hydrogen-bond donors (Lipinski definition) is 2. The second-order valence-electron chi connectivity index (χ2n) is 3.15. The summed E-state index contributed by atoms with van der Waals surface area (Å²) in [6.45, 7) is 0. The molecule has 0 aliphatic rings. The van der Waals surface area contributed by atoms with Gasteiger partial charge in [0.25, 0.3) is 0 Å². The van der Waals surface area contributed by atoms with Gasteiger partial charge in [0.1, 0.15) is 5.82 Å². The smallest absolute Gasteiger partial charge is 0.303 e. The van der Waals surface area contributed by atoms with E-state index in [1.54, 1.807) is 6.07 Å². The van der Waals surface area contributed by atoms with Crippen molar-refractivity contribution in [2.75, 3.05) is 5.73 Å². The van der Waals surface area contributed by atoms with Gasteiger partial charge in [-0.15, -0.1) is 0 Å². The molecule has 4 nitrogen and oxygen atoms in total. The Hall–Kier alpha value is -1.58. The fraction of sp³-hybridized carbons (Fsp3) is 0.400. The number of rotatable bonds is 5. The van der Waals surface area contributed by atoms with Crippen molar-refractivity contribution < 1.29 is 9.90 Å². The molecule has 0 bridgehead atoms. The number of hydrogen-bond acceptors (Lipinski definition) is 3. The molecule has 76 valence electrons. The van der Waals surface area contributed by atoms with E-state index in [0.717, 1.165) is 18.5 Å². The van der Waals surface area contributed by atoms with Gasteiger partial charge in [0.15, 0.2) is 0 Å². The lowest BCUT2D eigenvalue weighted by Gasteiger charge is -2.00. The molecule has 0 aromatic carbocycles. The van der Waals surface area contributed by atoms with Crippen molar-refractivity contribution in [3.8, 4) is 0 Å². The summed E-state index contributed by atoms with van der Waals surface area (Å²) in [5, 5.41) is 8.42. The predicted octanol–water partition coefficient (Wildman–Crippen LogP) is 1.46. The van der Waals surface area contributed by atoms with Crippen molar-refractivity contribution in [3.63, 3.8) is 0 Å². The summed E-state index contributed by atoms with van der Waals surface area (Å²) in [6, 6.07) is 5.49. The summed E-state index contributed by atoms with van der Waals surface area (Å²) in [5.41, 5.74) is 6.43. The lowest BCUT2D eigenvalue weighted by Crippen LogP contribution is -1.97. The third kappa shape index (κ3) is 3.89. The van der Waals surface area contributed by atoms with Crippen LogP contribution in [0.5, 0.6) is 0 Å². The molecule has 1 rings (SSSR count). The molecule has 0 radical (unpaired) electrons. The zero-order valence-corrected chi connectivity index (χ0v) is 7.94. The van der Waals surface area contributed by atoms with Crippen molar-refractivity contribution in [1.29, 1.82) is 0 Å². The summed E-state index contributed by atoms with van der Waals surface area (Å²) >= 11 is 0. The monoisotopic (exact) mass is 194 g/mol. The number of aliphatic carboxylic acids is 1. The van der Waals surface area contributed by atoms with Gasteiger partial charge < -0.3 is 10.8 Å². The van der Waals surface area contributed by atoms with Gasteiger partial charge in [-0.05, 0) is 31.4 Å². The highest BCUT2D eigenvalue weighted by molar-refractivity contribution is 5.66. The van der Waals surface area contributed by atoms with Crippen molar-refractivity contribution in [2.45, 2.75) is 25.7 Å². The molecule has 0 amide bonds. The molecule has 0 saturated carbocycles. The summed E-state index contributed by atoms with van der Waals surface area (Å²) in [6.07, 6.45) is 2.54. The van der Waals surface area contributed by atoms with E-state index in [9.17, 15) is 4.79 Å². The van der Waals surface area contributed by atoms with Crippen molar-refractivity contribution in [2.24, 2.45) is 0 Å². The maximum atomic E-state index is 10.2. The van der Waals surface area contributed by atoms with E-state index in [1.165, 1.54) is 0 Å². The van der Waals surface area contributed by atoms with Crippen molar-refractivity contribution in [1.82, 2.24) is 4.98 Å². The number of carboxylic acid groups (broad SMARTS) is 1. The number of carboxylic acids is 1. The zero-order chi connectivity index (χ0) is 10.4. The van der Waals surface area contributed by atoms with Crippen LogP contribution < -0.4 is 5.73 Å². The maximum Gasteiger partial charge on any atom is 0.303 e. The average molecular weight is 194 g/mol. The van der Waals surface area contributed by atoms with Crippen LogP contribution in [0.3, 0.4) is 0 Å². The molecule has 4 heteroatoms. The Balaban J connectivity index is 2.28. The van der Waals surface area contributed by atoms with Gasteiger partial charge in [-0.1, -0.05) is 6.07 Å². The number of carbonyl (C=O) groups is 1. The molecule has 1 aromatic heterocycles. The van der Waals surface area contributed by atoms with Crippen molar-refractivity contribution in [3.05, 3.63) is 23.9 Å². The molecule has 0 atom stereocenters. The SMILES string of the molecule is Nc1cccc(CCCCC(=O)O)n1. The fourth-order valence-electron chi connectivity index (χ4n) is 1.22. The molecule has 0 aliphatic heterocycles. The number of nitrogens with zero attached hydrogens (tertiary/aromatic N) is 1. The highest BCUT2D eigenvalue weighted by Crippen LogP contribution is 2.06. The van der Waals surface area contributed by atoms with Gasteiger partial charge in [0.05, 0.1) is 0 Å². The summed E-state index contributed by atoms with van der Waals surface area (Å²) in [5.74, 6) is -0.230. The van der Waals surface area contributed by atoms with Gasteiger partial charge >= 0.3 is 5.97 Å². The minimum Gasteiger partial charge on any atom is -0.481 e. The van der Waals surface area contributed by atoms with Gasteiger partial charge in [-0.2, -0.15) is 0 Å². The molecule has 0 aliphatic carbocycles. The zero-order valence-electron chi connectivity index (χ0n) is 7.94. The molecule has 1 heterocycles. The molecule has 0 fully saturated rings. The Morgan fingerprint density at radius 1 is 1.43 bits per heavy atom. The van der Waals surface area contributed by atoms with E-state index < -0.39 is 5.97 Å². The highest BCUT2D eigenvalue weighted by atomic mass is 16.4. The van der Waals surface area contributed by atoms with Crippen LogP contribution >= 0.6 is 0 Å². The highest BCUT2D eigenvalue weighted by Gasteiger charge is 1.98. The van der Waals surface area contributed by atoms with Gasteiger partial charge in [0, 0.05) is 12.1 Å². The standard InChI is InChI=1S/C10H14N2O2/c11-9-6-3-5-8(12-9)4-1-2-7-10(13)14/h3,5-6H,1-2,4,7H2,(H2,11,12)(H,13,14). The number of aromatic nitrogens is 1. The molecule has 1 aromatic rings. The Labute approximate surface area is 82.8 Å². The molecular weight excluding hydrogens is 180 g/mol. The lowest BCUT2D eigenvalue weighted by molar-refractivity contribution is -0.137. The quantitative estimate of drug-likeness (QED) is 0.696. The second-order valence-corrected chi connectivity index (χ2v) is 3.15. The number of nitrogen functional groups attached to an aromatic ring is 1. The van der Waals surface area contributed by atoms with Crippen LogP contribution in [-0.4, -0.2) is 16.1 Å². The number of anilines is 1. The third-order valence-electron chi connectivity index (χ3n) is 1.90. The largest absolute Gasteiger partial charge is 0.481 e. The number of pyridine rings is 1. The maximum absolute atomic E-state index is 10.2. The number of unbranched alkanes of at least 4 members (excludes halogenated alkanes) is 1. The molecule has 0 saturated heterocycles. The van der Waals surface area contributed by atoms with Gasteiger partial charge in [-0.25, -0.2) is 4.98 Å². The Morgan fingerprint density at radius 2 is 2.21 bits per heavy atom. The van der Waals surface area contributed by atoms with Gasteiger partial charge in [0.2, 0.25) is 0 Å². The average Bonchev–Trinajstić information content (AvgIpc) is 2.12. The van der Waals surface area contributed by atoms with Crippen LogP contribution in [0.1, 0.15) is 25.0 Å².